The molecule has 9 heteroatoms. The lowest BCUT2D eigenvalue weighted by Crippen LogP contribution is -2.28. The molecule has 0 saturated heterocycles. The van der Waals surface area contributed by atoms with Crippen molar-refractivity contribution in [1.82, 2.24) is 24.9 Å². The van der Waals surface area contributed by atoms with Crippen LogP contribution >= 0.6 is 0 Å². The van der Waals surface area contributed by atoms with Crippen LogP contribution in [0.3, 0.4) is 0 Å². The predicted molar refractivity (Wildman–Crippen MR) is 103 cm³/mol. The average Bonchev–Trinajstić information content (AvgIpc) is 3.09. The Morgan fingerprint density at radius 3 is 2.36 bits per heavy atom. The molecule has 28 heavy (non-hydrogen) atoms. The highest BCUT2D eigenvalue weighted by atomic mass is 16.6. The number of hydrogen-bond donors (Lipinski definition) is 1. The molecule has 3 rings (SSSR count). The number of rotatable bonds is 6. The number of para-hydroxylation sites is 1. The lowest BCUT2D eigenvalue weighted by atomic mass is 10.2. The van der Waals surface area contributed by atoms with E-state index in [1.807, 2.05) is 48.9 Å². The number of carbonyl (C=O) groups excluding carboxylic acids is 1. The molecule has 0 bridgehead atoms. The van der Waals surface area contributed by atoms with Gasteiger partial charge in [0.25, 0.3) is 0 Å². The van der Waals surface area contributed by atoms with Crippen LogP contribution in [-0.2, 0) is 17.9 Å². The van der Waals surface area contributed by atoms with E-state index in [1.54, 1.807) is 13.8 Å². The standard InChI is InChI=1S/C19H22N6O3/c1-12-17(14(3)24(22-12)16-8-6-5-7-9-16)10-20-18(26)11-23-15(4)19(25(27)28)13(2)21-23/h5-9H,10-11H2,1-4H3,(H,20,26). The van der Waals surface area contributed by atoms with Crippen LogP contribution in [0.5, 0.6) is 0 Å². The fourth-order valence-electron chi connectivity index (χ4n) is 3.24. The van der Waals surface area contributed by atoms with E-state index in [0.29, 0.717) is 17.9 Å². The van der Waals surface area contributed by atoms with Gasteiger partial charge in [0.2, 0.25) is 5.91 Å². The molecule has 0 aliphatic carbocycles. The molecule has 1 aromatic carbocycles. The molecular weight excluding hydrogens is 360 g/mol. The van der Waals surface area contributed by atoms with E-state index in [4.69, 9.17) is 0 Å². The first kappa shape index (κ1) is 19.3. The van der Waals surface area contributed by atoms with Crippen molar-refractivity contribution in [2.75, 3.05) is 0 Å². The fraction of sp³-hybridized carbons (Fsp3) is 0.316. The maximum atomic E-state index is 12.4. The van der Waals surface area contributed by atoms with E-state index >= 15 is 0 Å². The number of hydrogen-bond acceptors (Lipinski definition) is 5. The Morgan fingerprint density at radius 1 is 1.07 bits per heavy atom. The molecule has 0 aliphatic heterocycles. The first-order valence-electron chi connectivity index (χ1n) is 8.85. The van der Waals surface area contributed by atoms with Crippen LogP contribution < -0.4 is 5.32 Å². The number of nitrogens with one attached hydrogen (secondary N) is 1. The van der Waals surface area contributed by atoms with Gasteiger partial charge in [-0.15, -0.1) is 0 Å². The van der Waals surface area contributed by atoms with Gasteiger partial charge >= 0.3 is 5.69 Å². The topological polar surface area (TPSA) is 108 Å². The number of amides is 1. The highest BCUT2D eigenvalue weighted by molar-refractivity contribution is 5.76. The fourth-order valence-corrected chi connectivity index (χ4v) is 3.24. The summed E-state index contributed by atoms with van der Waals surface area (Å²) in [6.45, 7) is 7.25. The monoisotopic (exact) mass is 382 g/mol. The van der Waals surface area contributed by atoms with Gasteiger partial charge in [-0.2, -0.15) is 10.2 Å². The van der Waals surface area contributed by atoms with E-state index in [-0.39, 0.29) is 18.1 Å². The summed E-state index contributed by atoms with van der Waals surface area (Å²) in [6.07, 6.45) is 0. The second-order valence-corrected chi connectivity index (χ2v) is 6.61. The molecule has 146 valence electrons. The van der Waals surface area contributed by atoms with Crippen LogP contribution in [-0.4, -0.2) is 30.4 Å². The lowest BCUT2D eigenvalue weighted by molar-refractivity contribution is -0.386. The number of nitrogens with zero attached hydrogens (tertiary/aromatic N) is 5. The van der Waals surface area contributed by atoms with Crippen LogP contribution in [0.4, 0.5) is 5.69 Å². The molecule has 0 unspecified atom stereocenters. The summed E-state index contributed by atoms with van der Waals surface area (Å²) in [7, 11) is 0. The SMILES string of the molecule is Cc1nn(-c2ccccc2)c(C)c1CNC(=O)Cn1nc(C)c([N+](=O)[O-])c1C. The van der Waals surface area contributed by atoms with Gasteiger partial charge < -0.3 is 5.32 Å². The van der Waals surface area contributed by atoms with Crippen molar-refractivity contribution in [3.05, 3.63) is 68.8 Å². The Kier molecular flexibility index (Phi) is 5.25. The Bertz CT molecular complexity index is 1040. The van der Waals surface area contributed by atoms with Crippen LogP contribution in [0.2, 0.25) is 0 Å². The van der Waals surface area contributed by atoms with Crippen molar-refractivity contribution in [2.45, 2.75) is 40.8 Å². The number of carbonyl (C=O) groups is 1. The maximum Gasteiger partial charge on any atom is 0.312 e. The largest absolute Gasteiger partial charge is 0.350 e. The number of nitro groups is 1. The summed E-state index contributed by atoms with van der Waals surface area (Å²) in [6, 6.07) is 9.77. The van der Waals surface area contributed by atoms with Gasteiger partial charge in [0.15, 0.2) is 0 Å². The van der Waals surface area contributed by atoms with Gasteiger partial charge in [-0.1, -0.05) is 18.2 Å². The normalized spacial score (nSPS) is 10.9. The number of aromatic nitrogens is 4. The molecule has 1 N–H and O–H groups in total. The molecule has 1 amide bonds. The van der Waals surface area contributed by atoms with Crippen LogP contribution in [0, 0.1) is 37.8 Å². The van der Waals surface area contributed by atoms with Crippen molar-refractivity contribution in [3.8, 4) is 5.69 Å². The first-order valence-corrected chi connectivity index (χ1v) is 8.85. The quantitative estimate of drug-likeness (QED) is 0.521. The second kappa shape index (κ2) is 7.63. The van der Waals surface area contributed by atoms with Crippen LogP contribution in [0.15, 0.2) is 30.3 Å². The van der Waals surface area contributed by atoms with Crippen molar-refractivity contribution in [1.29, 1.82) is 0 Å². The Hall–Kier alpha value is -3.49. The lowest BCUT2D eigenvalue weighted by Gasteiger charge is -2.08. The molecule has 3 aromatic rings. The first-order chi connectivity index (χ1) is 13.3. The third-order valence-electron chi connectivity index (χ3n) is 4.72. The Morgan fingerprint density at radius 2 is 1.75 bits per heavy atom. The molecule has 0 atom stereocenters. The average molecular weight is 382 g/mol. The van der Waals surface area contributed by atoms with E-state index in [1.165, 1.54) is 4.68 Å². The summed E-state index contributed by atoms with van der Waals surface area (Å²) in [5.41, 5.74) is 4.29. The van der Waals surface area contributed by atoms with Crippen molar-refractivity contribution >= 4 is 11.6 Å². The van der Waals surface area contributed by atoms with E-state index < -0.39 is 4.92 Å². The Labute approximate surface area is 162 Å². The zero-order chi connectivity index (χ0) is 20.4. The number of benzene rings is 1. The van der Waals surface area contributed by atoms with Gasteiger partial charge in [0.05, 0.1) is 16.3 Å². The van der Waals surface area contributed by atoms with Gasteiger partial charge in [0.1, 0.15) is 17.9 Å². The molecule has 0 aliphatic rings. The molecule has 0 radical (unpaired) electrons. The third kappa shape index (κ3) is 3.64. The van der Waals surface area contributed by atoms with Gasteiger partial charge in [-0.05, 0) is 39.8 Å². The van der Waals surface area contributed by atoms with Gasteiger partial charge in [0, 0.05) is 17.8 Å². The maximum absolute atomic E-state index is 12.4. The molecular formula is C19H22N6O3. The molecule has 0 spiro atoms. The van der Waals surface area contributed by atoms with E-state index in [9.17, 15) is 14.9 Å². The van der Waals surface area contributed by atoms with Gasteiger partial charge in [-0.25, -0.2) is 4.68 Å². The van der Waals surface area contributed by atoms with Crippen LogP contribution in [0.1, 0.15) is 28.3 Å². The van der Waals surface area contributed by atoms with Crippen LogP contribution in [0.25, 0.3) is 5.69 Å². The van der Waals surface area contributed by atoms with Crippen molar-refractivity contribution in [3.63, 3.8) is 0 Å². The molecule has 0 saturated carbocycles. The number of aryl methyl sites for hydroxylation is 2. The molecule has 2 aromatic heterocycles. The highest BCUT2D eigenvalue weighted by Gasteiger charge is 2.23. The minimum Gasteiger partial charge on any atom is -0.350 e. The van der Waals surface area contributed by atoms with Crippen molar-refractivity contribution < 1.29 is 9.72 Å². The van der Waals surface area contributed by atoms with E-state index in [0.717, 1.165) is 22.6 Å². The minimum atomic E-state index is -0.475. The summed E-state index contributed by atoms with van der Waals surface area (Å²) in [5, 5.41) is 22.6. The summed E-state index contributed by atoms with van der Waals surface area (Å²) >= 11 is 0. The summed E-state index contributed by atoms with van der Waals surface area (Å²) < 4.78 is 3.21. The zero-order valence-corrected chi connectivity index (χ0v) is 16.3. The smallest absolute Gasteiger partial charge is 0.312 e. The minimum absolute atomic E-state index is 0.0522. The molecule has 0 fully saturated rings. The summed E-state index contributed by atoms with van der Waals surface area (Å²) in [5.74, 6) is -0.272. The van der Waals surface area contributed by atoms with Gasteiger partial charge in [-0.3, -0.25) is 19.6 Å². The second-order valence-electron chi connectivity index (χ2n) is 6.61. The third-order valence-corrected chi connectivity index (χ3v) is 4.72. The highest BCUT2D eigenvalue weighted by Crippen LogP contribution is 2.21. The molecule has 9 nitrogen and oxygen atoms in total. The molecule has 2 heterocycles. The predicted octanol–water partition coefficient (Wildman–Crippen LogP) is 2.53. The zero-order valence-electron chi connectivity index (χ0n) is 16.3. The Balaban J connectivity index is 1.71. The van der Waals surface area contributed by atoms with Crippen molar-refractivity contribution in [2.24, 2.45) is 0 Å². The van der Waals surface area contributed by atoms with E-state index in [2.05, 4.69) is 15.5 Å². The summed E-state index contributed by atoms with van der Waals surface area (Å²) in [4.78, 5) is 23.0.